The highest BCUT2D eigenvalue weighted by Gasteiger charge is 2.44. The van der Waals surface area contributed by atoms with Crippen LogP contribution < -0.4 is 4.31 Å². The minimum Gasteiger partial charge on any atom is -0.293 e. The highest BCUT2D eigenvalue weighted by atomic mass is 32.2. The molecule has 0 aliphatic carbocycles. The van der Waals surface area contributed by atoms with Crippen molar-refractivity contribution in [2.24, 2.45) is 0 Å². The monoisotopic (exact) mass is 585 g/mol. The van der Waals surface area contributed by atoms with E-state index < -0.39 is 79.7 Å². The minimum atomic E-state index is -5.48. The van der Waals surface area contributed by atoms with E-state index in [4.69, 9.17) is 0 Å². The van der Waals surface area contributed by atoms with Crippen LogP contribution in [0.15, 0.2) is 71.8 Å². The molecule has 5 nitrogen and oxygen atoms in total. The molecule has 0 saturated heterocycles. The van der Waals surface area contributed by atoms with Gasteiger partial charge in [0.15, 0.2) is 11.5 Å². The summed E-state index contributed by atoms with van der Waals surface area (Å²) in [4.78, 5) is 3.01. The second-order valence-corrected chi connectivity index (χ2v) is 9.92. The zero-order valence-corrected chi connectivity index (χ0v) is 19.7. The SMILES string of the molecule is O=S(=O)(c1ccccc1)N(Cc1ccc(F)c(C(F)(F)F)c1)c1nc2ccc(C(F)(F)F)cn2c1C(F)(F)F. The van der Waals surface area contributed by atoms with E-state index in [-0.39, 0.29) is 21.0 Å². The molecule has 39 heavy (non-hydrogen) atoms. The van der Waals surface area contributed by atoms with E-state index >= 15 is 0 Å². The molecule has 0 N–H and O–H groups in total. The summed E-state index contributed by atoms with van der Waals surface area (Å²) in [5, 5.41) is 0. The molecular formula is C23H13F10N3O2S. The quantitative estimate of drug-likeness (QED) is 0.239. The van der Waals surface area contributed by atoms with Crippen molar-refractivity contribution in [2.45, 2.75) is 30.0 Å². The second kappa shape index (κ2) is 9.43. The highest BCUT2D eigenvalue weighted by Crippen LogP contribution is 2.41. The Morgan fingerprint density at radius 3 is 2.00 bits per heavy atom. The predicted molar refractivity (Wildman–Crippen MR) is 116 cm³/mol. The maximum atomic E-state index is 14.2. The second-order valence-electron chi connectivity index (χ2n) is 8.06. The molecule has 16 heteroatoms. The van der Waals surface area contributed by atoms with Crippen LogP contribution in [0.25, 0.3) is 5.65 Å². The van der Waals surface area contributed by atoms with Crippen molar-refractivity contribution >= 4 is 21.5 Å². The Kier molecular flexibility index (Phi) is 6.82. The van der Waals surface area contributed by atoms with Crippen molar-refractivity contribution in [3.63, 3.8) is 0 Å². The van der Waals surface area contributed by atoms with Gasteiger partial charge < -0.3 is 0 Å². The zero-order chi connectivity index (χ0) is 29.0. The molecule has 0 spiro atoms. The Balaban J connectivity index is 2.01. The number of nitrogens with zero attached hydrogens (tertiary/aromatic N) is 3. The summed E-state index contributed by atoms with van der Waals surface area (Å²) in [6.45, 7) is -1.21. The number of halogens is 10. The lowest BCUT2D eigenvalue weighted by Crippen LogP contribution is -2.33. The van der Waals surface area contributed by atoms with Gasteiger partial charge in [0.1, 0.15) is 11.5 Å². The average molecular weight is 585 g/mol. The van der Waals surface area contributed by atoms with Gasteiger partial charge in [-0.1, -0.05) is 24.3 Å². The number of hydrogen-bond acceptors (Lipinski definition) is 3. The van der Waals surface area contributed by atoms with Crippen LogP contribution >= 0.6 is 0 Å². The Morgan fingerprint density at radius 1 is 0.795 bits per heavy atom. The first-order valence-electron chi connectivity index (χ1n) is 10.5. The standard InChI is InChI=1S/C23H13F10N3O2S/c24-17-8-6-13(10-16(17)22(28,29)30)11-36(39(37,38)15-4-2-1-3-5-15)20-19(23(31,32)33)35-12-14(21(25,26)27)7-9-18(35)34-20/h1-10,12H,11H2. The fraction of sp³-hybridized carbons (Fsp3) is 0.174. The summed E-state index contributed by atoms with van der Waals surface area (Å²) in [6.07, 6.45) is -15.7. The number of imidazole rings is 1. The molecule has 0 aliphatic heterocycles. The average Bonchev–Trinajstić information content (AvgIpc) is 3.21. The number of sulfonamides is 1. The maximum Gasteiger partial charge on any atom is 0.435 e. The zero-order valence-electron chi connectivity index (χ0n) is 18.9. The molecule has 0 atom stereocenters. The lowest BCUT2D eigenvalue weighted by atomic mass is 10.1. The van der Waals surface area contributed by atoms with Crippen molar-refractivity contribution < 1.29 is 52.3 Å². The highest BCUT2D eigenvalue weighted by molar-refractivity contribution is 7.92. The number of rotatable bonds is 5. The van der Waals surface area contributed by atoms with Gasteiger partial charge in [-0.05, 0) is 42.0 Å². The van der Waals surface area contributed by atoms with Crippen LogP contribution in [-0.2, 0) is 35.1 Å². The van der Waals surface area contributed by atoms with Crippen LogP contribution in [0.2, 0.25) is 0 Å². The molecule has 0 fully saturated rings. The van der Waals surface area contributed by atoms with Crippen molar-refractivity contribution in [2.75, 3.05) is 4.31 Å². The van der Waals surface area contributed by atoms with Crippen LogP contribution in [0.3, 0.4) is 0 Å². The number of fused-ring (bicyclic) bond motifs is 1. The van der Waals surface area contributed by atoms with E-state index in [0.29, 0.717) is 18.2 Å². The number of hydrogen-bond donors (Lipinski definition) is 0. The first-order valence-corrected chi connectivity index (χ1v) is 11.9. The van der Waals surface area contributed by atoms with Crippen molar-refractivity contribution in [3.05, 3.63) is 95.1 Å². The molecule has 4 rings (SSSR count). The number of pyridine rings is 1. The van der Waals surface area contributed by atoms with Crippen LogP contribution in [-0.4, -0.2) is 17.8 Å². The minimum absolute atomic E-state index is 0.00251. The largest absolute Gasteiger partial charge is 0.435 e. The third kappa shape index (κ3) is 5.51. The van der Waals surface area contributed by atoms with E-state index in [9.17, 15) is 52.3 Å². The summed E-state index contributed by atoms with van der Waals surface area (Å²) in [6, 6.07) is 8.09. The summed E-state index contributed by atoms with van der Waals surface area (Å²) < 4.78 is 163. The number of alkyl halides is 9. The van der Waals surface area contributed by atoms with E-state index in [0.717, 1.165) is 18.2 Å². The van der Waals surface area contributed by atoms with Crippen molar-refractivity contribution in [1.29, 1.82) is 0 Å². The van der Waals surface area contributed by atoms with E-state index in [2.05, 4.69) is 4.98 Å². The molecule has 2 aromatic heterocycles. The van der Waals surface area contributed by atoms with Crippen LogP contribution in [0, 0.1) is 5.82 Å². The molecule has 0 bridgehead atoms. The molecule has 4 aromatic rings. The molecule has 0 aliphatic rings. The fourth-order valence-corrected chi connectivity index (χ4v) is 5.11. The third-order valence-corrected chi connectivity index (χ3v) is 7.18. The summed E-state index contributed by atoms with van der Waals surface area (Å²) in [7, 11) is -5.02. The lowest BCUT2D eigenvalue weighted by Gasteiger charge is -2.25. The third-order valence-electron chi connectivity index (χ3n) is 5.43. The first kappa shape index (κ1) is 28.2. The summed E-state index contributed by atoms with van der Waals surface area (Å²) in [5.41, 5.74) is -6.55. The van der Waals surface area contributed by atoms with Gasteiger partial charge in [0, 0.05) is 6.20 Å². The Labute approximate surface area is 213 Å². The van der Waals surface area contributed by atoms with Gasteiger partial charge in [-0.2, -0.15) is 39.5 Å². The molecule has 0 radical (unpaired) electrons. The Hall–Kier alpha value is -3.82. The van der Waals surface area contributed by atoms with E-state index in [1.807, 2.05) is 0 Å². The molecular weight excluding hydrogens is 572 g/mol. The summed E-state index contributed by atoms with van der Waals surface area (Å²) >= 11 is 0. The molecule has 0 saturated carbocycles. The van der Waals surface area contributed by atoms with Gasteiger partial charge in [0.25, 0.3) is 10.0 Å². The first-order chi connectivity index (χ1) is 17.9. The lowest BCUT2D eigenvalue weighted by molar-refractivity contribution is -0.143. The van der Waals surface area contributed by atoms with Crippen LogP contribution in [0.1, 0.15) is 22.4 Å². The molecule has 0 unspecified atom stereocenters. The molecule has 208 valence electrons. The van der Waals surface area contributed by atoms with E-state index in [1.165, 1.54) is 18.2 Å². The number of aromatic nitrogens is 2. The van der Waals surface area contributed by atoms with Gasteiger partial charge in [-0.3, -0.25) is 4.40 Å². The van der Waals surface area contributed by atoms with Crippen molar-refractivity contribution in [3.8, 4) is 0 Å². The normalized spacial score (nSPS) is 13.2. The van der Waals surface area contributed by atoms with E-state index in [1.54, 1.807) is 0 Å². The summed E-state index contributed by atoms with van der Waals surface area (Å²) in [5.74, 6) is -3.12. The Morgan fingerprint density at radius 2 is 1.44 bits per heavy atom. The van der Waals surface area contributed by atoms with Crippen LogP contribution in [0.5, 0.6) is 0 Å². The van der Waals surface area contributed by atoms with Gasteiger partial charge >= 0.3 is 18.5 Å². The van der Waals surface area contributed by atoms with Gasteiger partial charge in [0.2, 0.25) is 0 Å². The topological polar surface area (TPSA) is 54.7 Å². The van der Waals surface area contributed by atoms with Gasteiger partial charge in [0.05, 0.1) is 22.6 Å². The molecule has 2 aromatic carbocycles. The number of anilines is 1. The Bertz CT molecular complexity index is 1630. The molecule has 0 amide bonds. The maximum absolute atomic E-state index is 14.2. The number of benzene rings is 2. The van der Waals surface area contributed by atoms with Gasteiger partial charge in [-0.15, -0.1) is 0 Å². The predicted octanol–water partition coefficient (Wildman–Crippen LogP) is 6.93. The van der Waals surface area contributed by atoms with Crippen molar-refractivity contribution in [1.82, 2.24) is 9.38 Å². The fourth-order valence-electron chi connectivity index (χ4n) is 3.68. The molecule has 2 heterocycles. The smallest absolute Gasteiger partial charge is 0.293 e. The van der Waals surface area contributed by atoms with Crippen LogP contribution in [0.4, 0.5) is 49.7 Å². The van der Waals surface area contributed by atoms with Gasteiger partial charge in [-0.25, -0.2) is 22.1 Å².